The Kier molecular flexibility index (Phi) is 7.49. The van der Waals surface area contributed by atoms with E-state index in [1.165, 1.54) is 0 Å². The molecule has 2 saturated heterocycles. The second-order valence-corrected chi connectivity index (χ2v) is 8.24. The molecule has 0 N–H and O–H groups in total. The molecule has 0 aliphatic carbocycles. The molecule has 2 heterocycles. The zero-order valence-corrected chi connectivity index (χ0v) is 17.5. The fourth-order valence-electron chi connectivity index (χ4n) is 4.59. The Labute approximate surface area is 168 Å². The summed E-state index contributed by atoms with van der Waals surface area (Å²) in [5.41, 5.74) is 1.07. The molecule has 0 amide bonds. The summed E-state index contributed by atoms with van der Waals surface area (Å²) in [6, 6.07) is 7.86. The lowest BCUT2D eigenvalue weighted by Gasteiger charge is -2.50. The maximum absolute atomic E-state index is 11.3. The number of carbonyl (C=O) groups is 1. The van der Waals surface area contributed by atoms with Gasteiger partial charge in [-0.1, -0.05) is 39.3 Å². The number of rotatable bonds is 8. The summed E-state index contributed by atoms with van der Waals surface area (Å²) < 4.78 is 24.3. The third kappa shape index (κ3) is 4.76. The highest BCUT2D eigenvalue weighted by Crippen LogP contribution is 2.40. The van der Waals surface area contributed by atoms with E-state index in [0.717, 1.165) is 36.9 Å². The molecule has 5 heteroatoms. The van der Waals surface area contributed by atoms with Gasteiger partial charge < -0.3 is 23.7 Å². The van der Waals surface area contributed by atoms with Crippen LogP contribution in [0.15, 0.2) is 24.3 Å². The Morgan fingerprint density at radius 2 is 1.89 bits per heavy atom. The van der Waals surface area contributed by atoms with Gasteiger partial charge in [0.1, 0.15) is 12.0 Å². The molecule has 0 radical (unpaired) electrons. The van der Waals surface area contributed by atoms with Crippen LogP contribution < -0.4 is 4.74 Å². The van der Waals surface area contributed by atoms with E-state index in [1.807, 2.05) is 24.3 Å². The molecule has 156 valence electrons. The first-order chi connectivity index (χ1) is 13.6. The predicted molar refractivity (Wildman–Crippen MR) is 107 cm³/mol. The monoisotopic (exact) mass is 390 g/mol. The molecule has 0 saturated carbocycles. The van der Waals surface area contributed by atoms with Crippen molar-refractivity contribution in [2.45, 2.75) is 83.6 Å². The molecule has 0 unspecified atom stereocenters. The molecule has 28 heavy (non-hydrogen) atoms. The quantitative estimate of drug-likeness (QED) is 0.624. The Bertz CT molecular complexity index is 616. The second-order valence-electron chi connectivity index (χ2n) is 8.24. The van der Waals surface area contributed by atoms with Crippen molar-refractivity contribution >= 4 is 6.29 Å². The third-order valence-electron chi connectivity index (χ3n) is 6.19. The van der Waals surface area contributed by atoms with Crippen molar-refractivity contribution in [1.82, 2.24) is 0 Å². The van der Waals surface area contributed by atoms with Crippen LogP contribution in [-0.2, 0) is 25.6 Å². The average molecular weight is 391 g/mol. The van der Waals surface area contributed by atoms with E-state index in [2.05, 4.69) is 20.8 Å². The van der Waals surface area contributed by atoms with Crippen LogP contribution in [-0.4, -0.2) is 43.9 Å². The number of aldehydes is 1. The van der Waals surface area contributed by atoms with Crippen LogP contribution in [0.25, 0.3) is 0 Å². The van der Waals surface area contributed by atoms with Crippen LogP contribution in [0.1, 0.15) is 52.0 Å². The van der Waals surface area contributed by atoms with Crippen LogP contribution in [0.4, 0.5) is 0 Å². The molecule has 5 nitrogen and oxygen atoms in total. The van der Waals surface area contributed by atoms with Gasteiger partial charge in [0.25, 0.3) is 0 Å². The molecule has 2 fully saturated rings. The van der Waals surface area contributed by atoms with Gasteiger partial charge in [0, 0.05) is 12.3 Å². The highest BCUT2D eigenvalue weighted by atomic mass is 16.6. The Morgan fingerprint density at radius 1 is 1.14 bits per heavy atom. The van der Waals surface area contributed by atoms with Gasteiger partial charge in [0.15, 0.2) is 0 Å². The number of methoxy groups -OCH3 is 1. The number of hydrogen-bond donors (Lipinski definition) is 0. The van der Waals surface area contributed by atoms with Crippen molar-refractivity contribution in [2.75, 3.05) is 7.11 Å². The molecule has 1 aromatic carbocycles. The number of hydrogen-bond acceptors (Lipinski definition) is 5. The minimum absolute atomic E-state index is 0.0246. The fourth-order valence-corrected chi connectivity index (χ4v) is 4.59. The molecule has 7 atom stereocenters. The molecular weight excluding hydrogens is 356 g/mol. The first kappa shape index (κ1) is 21.3. The maximum Gasteiger partial charge on any atom is 0.122 e. The minimum Gasteiger partial charge on any atom is -0.497 e. The minimum atomic E-state index is -0.217. The summed E-state index contributed by atoms with van der Waals surface area (Å²) in [4.78, 5) is 11.3. The lowest BCUT2D eigenvalue weighted by molar-refractivity contribution is -0.263. The molecule has 3 rings (SSSR count). The van der Waals surface area contributed by atoms with Crippen LogP contribution in [0.2, 0.25) is 0 Å². The van der Waals surface area contributed by atoms with E-state index in [9.17, 15) is 4.79 Å². The van der Waals surface area contributed by atoms with Gasteiger partial charge in [-0.05, 0) is 36.5 Å². The van der Waals surface area contributed by atoms with E-state index >= 15 is 0 Å². The second kappa shape index (κ2) is 9.86. The van der Waals surface area contributed by atoms with Gasteiger partial charge in [0.2, 0.25) is 0 Å². The van der Waals surface area contributed by atoms with Gasteiger partial charge in [0.05, 0.1) is 44.2 Å². The van der Waals surface area contributed by atoms with Crippen molar-refractivity contribution in [3.8, 4) is 5.75 Å². The van der Waals surface area contributed by atoms with Crippen molar-refractivity contribution < 1.29 is 23.7 Å². The Balaban J connectivity index is 1.69. The lowest BCUT2D eigenvalue weighted by atomic mass is 9.79. The van der Waals surface area contributed by atoms with Crippen molar-refractivity contribution in [3.05, 3.63) is 29.8 Å². The van der Waals surface area contributed by atoms with Gasteiger partial charge >= 0.3 is 0 Å². The highest BCUT2D eigenvalue weighted by Gasteiger charge is 2.48. The summed E-state index contributed by atoms with van der Waals surface area (Å²) in [6.07, 6.45) is 4.44. The van der Waals surface area contributed by atoms with E-state index in [1.54, 1.807) is 7.11 Å². The van der Waals surface area contributed by atoms with E-state index in [4.69, 9.17) is 18.9 Å². The maximum atomic E-state index is 11.3. The average Bonchev–Trinajstić information content (AvgIpc) is 2.70. The number of benzene rings is 1. The topological polar surface area (TPSA) is 54.0 Å². The number of ether oxygens (including phenoxy) is 4. The van der Waals surface area contributed by atoms with Gasteiger partial charge in [-0.2, -0.15) is 0 Å². The summed E-state index contributed by atoms with van der Waals surface area (Å²) >= 11 is 0. The van der Waals surface area contributed by atoms with E-state index in [0.29, 0.717) is 18.9 Å². The molecule has 0 spiro atoms. The fraction of sp³-hybridized carbons (Fsp3) is 0.696. The molecule has 2 aliphatic heterocycles. The van der Waals surface area contributed by atoms with Gasteiger partial charge in [-0.25, -0.2) is 0 Å². The standard InChI is InChI=1S/C23H34O5/c1-5-6-19-15(2)13-21-23(28-19)16(3)22(20(27-21)11-12-24)26-14-17-7-9-18(25-4)10-8-17/h7-10,12,15-16,19-23H,5-6,11,13-14H2,1-4H3/t15-,16-,19-,20+,21+,22-,23+/m1/s1. The van der Waals surface area contributed by atoms with E-state index in [-0.39, 0.29) is 36.4 Å². The molecular formula is C23H34O5. The Morgan fingerprint density at radius 3 is 2.54 bits per heavy atom. The zero-order valence-electron chi connectivity index (χ0n) is 17.5. The first-order valence-electron chi connectivity index (χ1n) is 10.6. The first-order valence-corrected chi connectivity index (χ1v) is 10.6. The summed E-state index contributed by atoms with van der Waals surface area (Å²) in [7, 11) is 1.66. The van der Waals surface area contributed by atoms with Gasteiger partial charge in [-0.15, -0.1) is 0 Å². The van der Waals surface area contributed by atoms with Crippen LogP contribution in [0.5, 0.6) is 5.75 Å². The predicted octanol–water partition coefficient (Wildman–Crippen LogP) is 4.17. The van der Waals surface area contributed by atoms with Gasteiger partial charge in [-0.3, -0.25) is 0 Å². The molecule has 1 aromatic rings. The van der Waals surface area contributed by atoms with Crippen molar-refractivity contribution in [1.29, 1.82) is 0 Å². The van der Waals surface area contributed by atoms with E-state index < -0.39 is 0 Å². The Hall–Kier alpha value is -1.43. The molecule has 2 aliphatic rings. The third-order valence-corrected chi connectivity index (χ3v) is 6.19. The smallest absolute Gasteiger partial charge is 0.122 e. The van der Waals surface area contributed by atoms with Crippen molar-refractivity contribution in [3.63, 3.8) is 0 Å². The van der Waals surface area contributed by atoms with Crippen LogP contribution in [0, 0.1) is 11.8 Å². The van der Waals surface area contributed by atoms with Crippen molar-refractivity contribution in [2.24, 2.45) is 11.8 Å². The summed E-state index contributed by atoms with van der Waals surface area (Å²) in [6.45, 7) is 7.09. The number of carbonyl (C=O) groups excluding carboxylic acids is 1. The lowest BCUT2D eigenvalue weighted by Crippen LogP contribution is -2.59. The molecule has 0 bridgehead atoms. The largest absolute Gasteiger partial charge is 0.497 e. The normalized spacial score (nSPS) is 35.2. The zero-order chi connectivity index (χ0) is 20.1. The summed E-state index contributed by atoms with van der Waals surface area (Å²) in [5.74, 6) is 1.47. The van der Waals surface area contributed by atoms with Crippen LogP contribution >= 0.6 is 0 Å². The summed E-state index contributed by atoms with van der Waals surface area (Å²) in [5, 5.41) is 0. The number of fused-ring (bicyclic) bond motifs is 1. The highest BCUT2D eigenvalue weighted by molar-refractivity contribution is 5.50. The molecule has 0 aromatic heterocycles. The van der Waals surface area contributed by atoms with Crippen LogP contribution in [0.3, 0.4) is 0 Å². The SMILES string of the molecule is CCC[C@H]1O[C@H]2[C@H](C)[C@@H](OCc3ccc(OC)cc3)[C@H](CC=O)O[C@H]2C[C@H]1C.